The SMILES string of the molecule is C.CC.CC.CC.CC.CC.CC.CC.CC.CC.CC.CC(C)C(C)c1cc2ccccc2cc1-c1ccccc1.CC(C)C(C)c1ccc2ccccc2c1.CC(C)C(C)c1cccc2ccccc12.CC(C)C(C)c1ccccc1.CC(C)C(C)c1ccccc1-c1ccccc1.CC(C)c1ccc2ccccc2c1.CC(C)c1ccccc1.CC(C)c1ccccc1-c1ccccc1. The van der Waals surface area contributed by atoms with E-state index in [2.05, 4.69) is 503 Å². The fourth-order valence-corrected chi connectivity index (χ4v) is 14.3. The topological polar surface area (TPSA) is 0 Å². The van der Waals surface area contributed by atoms with Gasteiger partial charge in [0.15, 0.2) is 0 Å². The molecule has 0 amide bonds. The largest absolute Gasteiger partial charge is 0.0776 e. The molecule has 15 aromatic carbocycles. The first-order chi connectivity index (χ1) is 65.8. The lowest BCUT2D eigenvalue weighted by Crippen LogP contribution is -2.04. The molecular weight excluding hydrogens is 1650 g/mol. The van der Waals surface area contributed by atoms with Crippen molar-refractivity contribution < 1.29 is 0 Å². The summed E-state index contributed by atoms with van der Waals surface area (Å²) in [6.45, 7) is 87.7. The van der Waals surface area contributed by atoms with Gasteiger partial charge in [0.25, 0.3) is 0 Å². The number of benzene rings is 15. The summed E-state index contributed by atoms with van der Waals surface area (Å²) in [4.78, 5) is 0. The molecule has 137 heavy (non-hydrogen) atoms. The normalized spacial score (nSPS) is 10.8. The number of rotatable bonds is 16. The molecule has 0 nitrogen and oxygen atoms in total. The van der Waals surface area contributed by atoms with Gasteiger partial charge in [0.05, 0.1) is 0 Å². The lowest BCUT2D eigenvalue weighted by Gasteiger charge is -2.21. The second-order valence-corrected chi connectivity index (χ2v) is 34.3. The molecule has 0 aromatic heterocycles. The van der Waals surface area contributed by atoms with Crippen LogP contribution in [-0.4, -0.2) is 0 Å². The van der Waals surface area contributed by atoms with Gasteiger partial charge in [0, 0.05) is 0 Å². The average molecular weight is 1850 g/mol. The maximum Gasteiger partial charge on any atom is -0.0143 e. The highest BCUT2D eigenvalue weighted by molar-refractivity contribution is 5.90. The van der Waals surface area contributed by atoms with Crippen LogP contribution in [0.3, 0.4) is 0 Å². The Morgan fingerprint density at radius 1 is 0.139 bits per heavy atom. The molecule has 0 spiro atoms. The number of hydrogen-bond acceptors (Lipinski definition) is 0. The molecule has 0 radical (unpaired) electrons. The summed E-state index contributed by atoms with van der Waals surface area (Å²) >= 11 is 0. The van der Waals surface area contributed by atoms with E-state index in [0.717, 1.165) is 5.92 Å². The van der Waals surface area contributed by atoms with Crippen LogP contribution < -0.4 is 0 Å². The maximum atomic E-state index is 2.38. The zero-order valence-corrected chi connectivity index (χ0v) is 94.1. The van der Waals surface area contributed by atoms with Crippen LogP contribution in [0.15, 0.2) is 364 Å². The minimum atomic E-state index is 0. The monoisotopic (exact) mass is 1850 g/mol. The molecule has 15 aromatic rings. The molecule has 5 unspecified atom stereocenters. The molecule has 0 saturated heterocycles. The van der Waals surface area contributed by atoms with Crippen LogP contribution >= 0.6 is 0 Å². The fraction of sp³-hybridized carbons (Fsp3) is 0.401. The Balaban J connectivity index is -0.000000722. The van der Waals surface area contributed by atoms with E-state index >= 15 is 0 Å². The Labute approximate surface area is 847 Å². The first-order valence-electron chi connectivity index (χ1n) is 53.2. The summed E-state index contributed by atoms with van der Waals surface area (Å²) in [5.41, 5.74) is 19.6. The molecule has 15 rings (SSSR count). The van der Waals surface area contributed by atoms with Crippen molar-refractivity contribution in [1.82, 2.24) is 0 Å². The summed E-state index contributed by atoms with van der Waals surface area (Å²) in [7, 11) is 0. The smallest absolute Gasteiger partial charge is 0.0143 e. The number of hydrogen-bond donors (Lipinski definition) is 0. The average Bonchev–Trinajstić information content (AvgIpc) is 0.785. The predicted octanol–water partition coefficient (Wildman–Crippen LogP) is 46.2. The second-order valence-electron chi connectivity index (χ2n) is 34.3. The number of fused-ring (bicyclic) bond motifs is 4. The molecule has 0 bridgehead atoms. The molecule has 0 heterocycles. The van der Waals surface area contributed by atoms with Crippen molar-refractivity contribution in [2.24, 2.45) is 29.6 Å². The molecular formula is C137H200. The van der Waals surface area contributed by atoms with Gasteiger partial charge in [0.1, 0.15) is 0 Å². The van der Waals surface area contributed by atoms with Crippen LogP contribution in [0, 0.1) is 29.6 Å². The quantitative estimate of drug-likeness (QED) is 0.0904. The Kier molecular flexibility index (Phi) is 78.7. The van der Waals surface area contributed by atoms with E-state index in [1.165, 1.54) is 121 Å². The van der Waals surface area contributed by atoms with Gasteiger partial charge in [-0.05, 0) is 204 Å². The van der Waals surface area contributed by atoms with E-state index in [0.29, 0.717) is 71.0 Å². The highest BCUT2D eigenvalue weighted by Gasteiger charge is 2.19. The Morgan fingerprint density at radius 3 is 0.752 bits per heavy atom. The fourth-order valence-electron chi connectivity index (χ4n) is 14.3. The summed E-state index contributed by atoms with van der Waals surface area (Å²) in [5, 5.41) is 10.7. The van der Waals surface area contributed by atoms with Gasteiger partial charge in [-0.15, -0.1) is 0 Å². The zero-order chi connectivity index (χ0) is 104. The van der Waals surface area contributed by atoms with Gasteiger partial charge in [0.2, 0.25) is 0 Å². The van der Waals surface area contributed by atoms with Gasteiger partial charge >= 0.3 is 0 Å². The molecule has 0 aliphatic carbocycles. The van der Waals surface area contributed by atoms with E-state index in [4.69, 9.17) is 0 Å². The van der Waals surface area contributed by atoms with E-state index in [1.807, 2.05) is 145 Å². The van der Waals surface area contributed by atoms with Crippen LogP contribution in [0.1, 0.15) is 383 Å². The molecule has 0 aliphatic rings. The van der Waals surface area contributed by atoms with Crippen molar-refractivity contribution in [3.05, 3.63) is 408 Å². The van der Waals surface area contributed by atoms with Gasteiger partial charge in [-0.3, -0.25) is 0 Å². The van der Waals surface area contributed by atoms with Gasteiger partial charge in [-0.1, -0.05) is 649 Å². The molecule has 748 valence electrons. The third kappa shape index (κ3) is 48.0. The minimum absolute atomic E-state index is 0. The van der Waals surface area contributed by atoms with Crippen molar-refractivity contribution in [1.29, 1.82) is 0 Å². The van der Waals surface area contributed by atoms with Crippen LogP contribution in [-0.2, 0) is 0 Å². The second kappa shape index (κ2) is 81.3. The van der Waals surface area contributed by atoms with E-state index in [1.54, 1.807) is 0 Å². The molecule has 5 atom stereocenters. The highest BCUT2D eigenvalue weighted by Crippen LogP contribution is 2.39. The van der Waals surface area contributed by atoms with Crippen molar-refractivity contribution in [2.75, 3.05) is 0 Å². The minimum Gasteiger partial charge on any atom is -0.0776 e. The van der Waals surface area contributed by atoms with E-state index < -0.39 is 0 Å². The molecule has 0 fully saturated rings. The van der Waals surface area contributed by atoms with Gasteiger partial charge in [-0.2, -0.15) is 0 Å². The standard InChI is InChI=1S/C21H22.C17H20.2C15H18.C15H16.C13H14.C11H16.C9H12.10C2H6.CH4/c1-15(2)16(3)20-13-18-11-7-8-12-19(18)14-21(20)17-9-5-4-6-10-17;1-13(2)14(3)16-11-7-8-12-17(16)15-9-5-4-6-10-15;1-11(2)12(3)14-10-6-8-13-7-4-5-9-15(13)14;1-11(2)12(3)14-9-8-13-6-4-5-7-15(13)10-14;1-12(2)14-10-6-7-11-15(14)13-8-4-3-5-9-13;1-10(2)12-8-7-11-5-3-4-6-13(11)9-12;1-9(2)10(3)11-7-5-4-6-8-11;1-8(2)9-6-4-3-5-7-9;10*1-2;/h4-16H,1-3H3;4-14H,1-3H3;2*4-12H,1-3H3;3-12H,1-2H3;3-10H,1-2H3;4-10H,1-3H3;3-8H,1-2H3;10*1-2H3;1H4. The van der Waals surface area contributed by atoms with Gasteiger partial charge in [-0.25, -0.2) is 0 Å². The summed E-state index contributed by atoms with van der Waals surface area (Å²) in [5.74, 6) is 8.34. The van der Waals surface area contributed by atoms with Gasteiger partial charge < -0.3 is 0 Å². The first kappa shape index (κ1) is 133. The van der Waals surface area contributed by atoms with E-state index in [-0.39, 0.29) is 7.43 Å². The Bertz CT molecular complexity index is 5260. The van der Waals surface area contributed by atoms with Crippen molar-refractivity contribution in [3.63, 3.8) is 0 Å². The van der Waals surface area contributed by atoms with Crippen LogP contribution in [0.4, 0.5) is 0 Å². The lowest BCUT2D eigenvalue weighted by atomic mass is 9.83. The molecule has 0 heteroatoms. The highest BCUT2D eigenvalue weighted by atomic mass is 14.2. The molecule has 0 saturated carbocycles. The van der Waals surface area contributed by atoms with Crippen molar-refractivity contribution in [3.8, 4) is 33.4 Å². The Morgan fingerprint density at radius 2 is 0.387 bits per heavy atom. The van der Waals surface area contributed by atoms with Crippen molar-refractivity contribution >= 4 is 43.1 Å². The first-order valence-corrected chi connectivity index (χ1v) is 53.2. The lowest BCUT2D eigenvalue weighted by molar-refractivity contribution is 0.535. The summed E-state index contributed by atoms with van der Waals surface area (Å²) < 4.78 is 0. The van der Waals surface area contributed by atoms with E-state index in [9.17, 15) is 0 Å². The van der Waals surface area contributed by atoms with Crippen molar-refractivity contribution in [2.45, 2.75) is 339 Å². The van der Waals surface area contributed by atoms with Crippen LogP contribution in [0.2, 0.25) is 0 Å². The predicted molar refractivity (Wildman–Crippen MR) is 637 cm³/mol. The van der Waals surface area contributed by atoms with Crippen LogP contribution in [0.25, 0.3) is 76.5 Å². The van der Waals surface area contributed by atoms with Crippen LogP contribution in [0.5, 0.6) is 0 Å². The zero-order valence-electron chi connectivity index (χ0n) is 94.1. The maximum absolute atomic E-state index is 2.38. The third-order valence-corrected chi connectivity index (χ3v) is 23.5. The third-order valence-electron chi connectivity index (χ3n) is 23.5. The summed E-state index contributed by atoms with van der Waals surface area (Å²) in [6, 6.07) is 130. The summed E-state index contributed by atoms with van der Waals surface area (Å²) in [6.07, 6.45) is 0. The Hall–Kier alpha value is -10.7. The molecule has 0 aliphatic heterocycles. The molecule has 0 N–H and O–H groups in total.